The Morgan fingerprint density at radius 3 is 1.73 bits per heavy atom. The summed E-state index contributed by atoms with van der Waals surface area (Å²) in [6.07, 6.45) is -8.44. The summed E-state index contributed by atoms with van der Waals surface area (Å²) in [5.74, 6) is -27.3. The Labute approximate surface area is 178 Å². The lowest BCUT2D eigenvalue weighted by molar-refractivity contribution is -0.309. The van der Waals surface area contributed by atoms with Gasteiger partial charge >= 0.3 is 30.0 Å². The van der Waals surface area contributed by atoms with Gasteiger partial charge in [-0.05, 0) is 6.42 Å². The van der Waals surface area contributed by atoms with E-state index in [4.69, 9.17) is 0 Å². The summed E-state index contributed by atoms with van der Waals surface area (Å²) in [5.41, 5.74) is -5.83. The van der Waals surface area contributed by atoms with Crippen LogP contribution in [0, 0.1) is 17.5 Å². The van der Waals surface area contributed by atoms with E-state index in [-0.39, 0.29) is 13.5 Å². The third-order valence-corrected chi connectivity index (χ3v) is 4.77. The van der Waals surface area contributed by atoms with Crippen molar-refractivity contribution in [2.45, 2.75) is 69.0 Å². The highest BCUT2D eigenvalue weighted by Gasteiger charge is 2.73. The molecule has 0 heterocycles. The summed E-state index contributed by atoms with van der Waals surface area (Å²) in [6.45, 7) is 1.63. The maximum Gasteiger partial charge on any atom is 0.458 e. The number of unbranched alkanes of at least 4 members (excludes halogenated alkanes) is 3. The van der Waals surface area contributed by atoms with Gasteiger partial charge in [-0.1, -0.05) is 26.2 Å². The number of alkyl halides is 11. The topological polar surface area (TPSA) is 3.24 Å². The zero-order valence-electron chi connectivity index (χ0n) is 16.9. The number of hydrogen-bond donors (Lipinski definition) is 0. The molecular weight excluding hydrogens is 496 g/mol. The summed E-state index contributed by atoms with van der Waals surface area (Å²) < 4.78 is 191. The van der Waals surface area contributed by atoms with E-state index in [9.17, 15) is 61.5 Å². The van der Waals surface area contributed by atoms with E-state index in [0.29, 0.717) is 12.8 Å². The van der Waals surface area contributed by atoms with Crippen molar-refractivity contribution in [3.63, 3.8) is 0 Å². The number of halogens is 14. The van der Waals surface area contributed by atoms with Crippen molar-refractivity contribution in [1.82, 2.24) is 0 Å². The highest BCUT2D eigenvalue weighted by Crippen LogP contribution is 2.52. The molecular formula is C18H17F14N. The molecule has 1 nitrogen and oxygen atoms in total. The quantitative estimate of drug-likeness (QED) is 0.133. The normalized spacial score (nSPS) is 14.1. The van der Waals surface area contributed by atoms with Crippen LogP contribution in [-0.4, -0.2) is 31.1 Å². The first kappa shape index (κ1) is 29.1. The molecule has 0 atom stereocenters. The maximum absolute atomic E-state index is 14.3. The lowest BCUT2D eigenvalue weighted by atomic mass is 10.00. The molecule has 0 spiro atoms. The van der Waals surface area contributed by atoms with Gasteiger partial charge in [0.1, 0.15) is 5.56 Å². The Kier molecular flexibility index (Phi) is 8.24. The second-order valence-corrected chi connectivity index (χ2v) is 7.14. The number of nitrogens with zero attached hydrogens (tertiary/aromatic N) is 1. The minimum atomic E-state index is -6.75. The van der Waals surface area contributed by atoms with Gasteiger partial charge in [-0.3, -0.25) is 0 Å². The highest BCUT2D eigenvalue weighted by atomic mass is 19.4. The van der Waals surface area contributed by atoms with Gasteiger partial charge < -0.3 is 4.90 Å². The Hall–Kier alpha value is -1.96. The van der Waals surface area contributed by atoms with Crippen molar-refractivity contribution >= 4 is 5.69 Å². The number of anilines is 1. The molecule has 1 rings (SSSR count). The average Bonchev–Trinajstić information content (AvgIpc) is 2.66. The van der Waals surface area contributed by atoms with Crippen molar-refractivity contribution in [3.8, 4) is 0 Å². The van der Waals surface area contributed by atoms with Crippen LogP contribution < -0.4 is 4.90 Å². The van der Waals surface area contributed by atoms with E-state index in [2.05, 4.69) is 0 Å². The molecule has 1 aromatic carbocycles. The summed E-state index contributed by atoms with van der Waals surface area (Å²) >= 11 is 0. The maximum atomic E-state index is 14.3. The lowest BCUT2D eigenvalue weighted by Crippen LogP contribution is -2.61. The van der Waals surface area contributed by atoms with Gasteiger partial charge in [-0.2, -0.15) is 48.3 Å². The van der Waals surface area contributed by atoms with E-state index in [1.807, 2.05) is 0 Å². The second kappa shape index (κ2) is 9.35. The van der Waals surface area contributed by atoms with Gasteiger partial charge in [0.25, 0.3) is 0 Å². The first-order chi connectivity index (χ1) is 14.7. The molecule has 0 N–H and O–H groups in total. The fourth-order valence-electron chi connectivity index (χ4n) is 2.76. The highest BCUT2D eigenvalue weighted by molar-refractivity contribution is 5.53. The monoisotopic (exact) mass is 513 g/mol. The van der Waals surface area contributed by atoms with Crippen molar-refractivity contribution in [1.29, 1.82) is 0 Å². The predicted octanol–water partition coefficient (Wildman–Crippen LogP) is 8.03. The first-order valence-electron chi connectivity index (χ1n) is 9.18. The standard InChI is InChI=1S/C18H17F14N/c1-3-4-5-6-7-14(22,23)16(26,27)18(31,32)33(2)10-8-9(19)12(20)11(13(10)21)15(24,25)17(28,29)30/h8H,3-7H2,1-2H3. The van der Waals surface area contributed by atoms with E-state index >= 15 is 0 Å². The van der Waals surface area contributed by atoms with Crippen LogP contribution in [0.1, 0.15) is 44.6 Å². The van der Waals surface area contributed by atoms with Crippen LogP contribution in [0.3, 0.4) is 0 Å². The molecule has 0 fully saturated rings. The SMILES string of the molecule is CCCCCCC(F)(F)C(F)(F)C(F)(F)N(C)c1cc(F)c(F)c(C(F)(F)C(F)(F)F)c1F. The Balaban J connectivity index is 3.56. The molecule has 0 amide bonds. The zero-order chi connectivity index (χ0) is 26.2. The minimum Gasteiger partial charge on any atom is -0.308 e. The van der Waals surface area contributed by atoms with Crippen LogP contribution >= 0.6 is 0 Å². The van der Waals surface area contributed by atoms with Crippen LogP contribution in [0.5, 0.6) is 0 Å². The predicted molar refractivity (Wildman–Crippen MR) is 88.3 cm³/mol. The van der Waals surface area contributed by atoms with Gasteiger partial charge in [0.15, 0.2) is 17.5 Å². The minimum absolute atomic E-state index is 0.0444. The fourth-order valence-corrected chi connectivity index (χ4v) is 2.76. The molecule has 0 aliphatic carbocycles. The lowest BCUT2D eigenvalue weighted by Gasteiger charge is -2.39. The van der Waals surface area contributed by atoms with Gasteiger partial charge in [-0.25, -0.2) is 13.2 Å². The third-order valence-electron chi connectivity index (χ3n) is 4.77. The van der Waals surface area contributed by atoms with E-state index in [1.165, 1.54) is 0 Å². The third kappa shape index (κ3) is 5.10. The summed E-state index contributed by atoms with van der Waals surface area (Å²) in [4.78, 5) is -1.44. The Morgan fingerprint density at radius 2 is 1.27 bits per heavy atom. The van der Waals surface area contributed by atoms with Crippen LogP contribution in [0.2, 0.25) is 0 Å². The van der Waals surface area contributed by atoms with Crippen LogP contribution in [0.15, 0.2) is 6.07 Å². The average molecular weight is 513 g/mol. The van der Waals surface area contributed by atoms with Crippen molar-refractivity contribution in [3.05, 3.63) is 29.1 Å². The molecule has 0 aromatic heterocycles. The van der Waals surface area contributed by atoms with Gasteiger partial charge in [-0.15, -0.1) is 0 Å². The summed E-state index contributed by atoms with van der Waals surface area (Å²) in [7, 11) is -0.285. The Morgan fingerprint density at radius 1 is 0.758 bits per heavy atom. The van der Waals surface area contributed by atoms with Gasteiger partial charge in [0.2, 0.25) is 0 Å². The molecule has 0 saturated carbocycles. The molecule has 0 radical (unpaired) electrons. The van der Waals surface area contributed by atoms with Crippen LogP contribution in [0.4, 0.5) is 67.2 Å². The molecule has 0 unspecified atom stereocenters. The van der Waals surface area contributed by atoms with Crippen molar-refractivity contribution in [2.75, 3.05) is 11.9 Å². The number of hydrogen-bond acceptors (Lipinski definition) is 1. The number of rotatable bonds is 10. The van der Waals surface area contributed by atoms with Crippen molar-refractivity contribution < 1.29 is 61.5 Å². The second-order valence-electron chi connectivity index (χ2n) is 7.14. The van der Waals surface area contributed by atoms with Gasteiger partial charge in [0.05, 0.1) is 5.69 Å². The van der Waals surface area contributed by atoms with Gasteiger partial charge in [0, 0.05) is 19.5 Å². The molecule has 0 bridgehead atoms. The largest absolute Gasteiger partial charge is 0.458 e. The zero-order valence-corrected chi connectivity index (χ0v) is 16.9. The molecule has 1 aromatic rings. The number of benzene rings is 1. The molecule has 192 valence electrons. The molecule has 0 aliphatic heterocycles. The molecule has 33 heavy (non-hydrogen) atoms. The summed E-state index contributed by atoms with van der Waals surface area (Å²) in [5, 5.41) is 0. The van der Waals surface area contributed by atoms with E-state index in [1.54, 1.807) is 6.92 Å². The summed E-state index contributed by atoms with van der Waals surface area (Å²) in [6, 6.07) is -6.87. The van der Waals surface area contributed by atoms with E-state index < -0.39 is 82.5 Å². The molecule has 15 heteroatoms. The Bertz CT molecular complexity index is 830. The smallest absolute Gasteiger partial charge is 0.308 e. The molecule has 0 saturated heterocycles. The van der Waals surface area contributed by atoms with Crippen molar-refractivity contribution in [2.24, 2.45) is 0 Å². The van der Waals surface area contributed by atoms with Crippen LogP contribution in [0.25, 0.3) is 0 Å². The first-order valence-corrected chi connectivity index (χ1v) is 9.18. The van der Waals surface area contributed by atoms with E-state index in [0.717, 1.165) is 0 Å². The van der Waals surface area contributed by atoms with Crippen LogP contribution in [-0.2, 0) is 5.92 Å². The fraction of sp³-hybridized carbons (Fsp3) is 0.667. The molecule has 0 aliphatic rings.